The molecule has 0 unspecified atom stereocenters. The number of aldehydes is 1. The number of aryl methyl sites for hydroxylation is 1. The predicted octanol–water partition coefficient (Wildman–Crippen LogP) is 6.20. The zero-order chi connectivity index (χ0) is 29.0. The molecule has 0 bridgehead atoms. The van der Waals surface area contributed by atoms with Crippen molar-refractivity contribution >= 4 is 33.8 Å². The summed E-state index contributed by atoms with van der Waals surface area (Å²) in [5.41, 5.74) is 1.65. The minimum atomic E-state index is -3.88. The number of carbonyl (C=O) groups is 2. The normalized spacial score (nSPS) is 13.4. The van der Waals surface area contributed by atoms with E-state index in [-0.39, 0.29) is 21.9 Å². The summed E-state index contributed by atoms with van der Waals surface area (Å²) in [6, 6.07) is 17.8. The Bertz CT molecular complexity index is 1430. The van der Waals surface area contributed by atoms with Crippen LogP contribution in [-0.4, -0.2) is 49.0 Å². The standard InChI is InChI=1S/C30H34ClNO6S/c1-20-9-14-28(24(15-20)19-33)39(36,37)26-12-10-22(11-13-26)16-21(2)38-29(35)32(30(3,4)5)18-27(34)23-7-6-8-25(31)17-23/h6-15,17,19,21,27,34H,16,18H2,1-5H3/t21-,27+/m1/s1. The maximum atomic E-state index is 13.1. The zero-order valence-corrected chi connectivity index (χ0v) is 24.3. The van der Waals surface area contributed by atoms with Crippen LogP contribution in [0.1, 0.15) is 60.8 Å². The van der Waals surface area contributed by atoms with E-state index in [2.05, 4.69) is 0 Å². The van der Waals surface area contributed by atoms with Gasteiger partial charge in [-0.2, -0.15) is 0 Å². The van der Waals surface area contributed by atoms with Crippen LogP contribution in [0.5, 0.6) is 0 Å². The molecule has 1 N–H and O–H groups in total. The van der Waals surface area contributed by atoms with Crippen molar-refractivity contribution in [2.45, 2.75) is 68.6 Å². The molecule has 39 heavy (non-hydrogen) atoms. The number of benzene rings is 3. The highest BCUT2D eigenvalue weighted by atomic mass is 35.5. The number of β-amino-alcohol motifs (C(OH)–C–C–N with tert-alkyl or cyclic N) is 1. The molecule has 3 rings (SSSR count). The average Bonchev–Trinajstić information content (AvgIpc) is 2.86. The molecule has 0 saturated heterocycles. The number of sulfone groups is 1. The monoisotopic (exact) mass is 571 g/mol. The largest absolute Gasteiger partial charge is 0.446 e. The highest BCUT2D eigenvalue weighted by Crippen LogP contribution is 2.26. The fourth-order valence-electron chi connectivity index (χ4n) is 4.16. The molecule has 3 aromatic rings. The molecule has 0 aliphatic heterocycles. The minimum Gasteiger partial charge on any atom is -0.446 e. The van der Waals surface area contributed by atoms with Gasteiger partial charge in [-0.25, -0.2) is 13.2 Å². The Morgan fingerprint density at radius 2 is 1.74 bits per heavy atom. The smallest absolute Gasteiger partial charge is 0.410 e. The average molecular weight is 572 g/mol. The third-order valence-electron chi connectivity index (χ3n) is 6.26. The lowest BCUT2D eigenvalue weighted by Gasteiger charge is -2.37. The van der Waals surface area contributed by atoms with Crippen LogP contribution in [0.25, 0.3) is 0 Å². The van der Waals surface area contributed by atoms with Crippen molar-refractivity contribution in [2.24, 2.45) is 0 Å². The minimum absolute atomic E-state index is 0.0176. The van der Waals surface area contributed by atoms with Crippen LogP contribution in [0, 0.1) is 6.92 Å². The molecular formula is C30H34ClNO6S. The van der Waals surface area contributed by atoms with Crippen LogP contribution in [0.2, 0.25) is 5.02 Å². The van der Waals surface area contributed by atoms with E-state index in [4.69, 9.17) is 16.3 Å². The van der Waals surface area contributed by atoms with E-state index in [9.17, 15) is 23.1 Å². The summed E-state index contributed by atoms with van der Waals surface area (Å²) in [6.45, 7) is 9.12. The Hall–Kier alpha value is -3.20. The first-order valence-electron chi connectivity index (χ1n) is 12.5. The zero-order valence-electron chi connectivity index (χ0n) is 22.7. The van der Waals surface area contributed by atoms with Gasteiger partial charge in [0.2, 0.25) is 9.84 Å². The first-order chi connectivity index (χ1) is 18.2. The molecule has 9 heteroatoms. The van der Waals surface area contributed by atoms with Gasteiger partial charge in [-0.3, -0.25) is 4.79 Å². The molecule has 208 valence electrons. The summed E-state index contributed by atoms with van der Waals surface area (Å²) in [7, 11) is -3.88. The Balaban J connectivity index is 1.69. The fourth-order valence-corrected chi connectivity index (χ4v) is 5.77. The molecule has 0 spiro atoms. The summed E-state index contributed by atoms with van der Waals surface area (Å²) in [5, 5.41) is 11.2. The van der Waals surface area contributed by atoms with Gasteiger partial charge in [0.05, 0.1) is 22.4 Å². The van der Waals surface area contributed by atoms with Crippen molar-refractivity contribution in [1.82, 2.24) is 4.90 Å². The van der Waals surface area contributed by atoms with Gasteiger partial charge in [-0.05, 0) is 82.1 Å². The molecule has 0 radical (unpaired) electrons. The maximum absolute atomic E-state index is 13.1. The molecule has 7 nitrogen and oxygen atoms in total. The van der Waals surface area contributed by atoms with E-state index in [1.807, 2.05) is 20.8 Å². The molecule has 0 aliphatic rings. The van der Waals surface area contributed by atoms with E-state index >= 15 is 0 Å². The summed E-state index contributed by atoms with van der Waals surface area (Å²) < 4.78 is 31.9. The SMILES string of the molecule is Cc1ccc(S(=O)(=O)c2ccc(C[C@@H](C)OC(=O)N(C[C@H](O)c3cccc(Cl)c3)C(C)(C)C)cc2)c(C=O)c1. The number of halogens is 1. The number of aliphatic hydroxyl groups is 1. The number of amides is 1. The third kappa shape index (κ3) is 7.68. The van der Waals surface area contributed by atoms with Gasteiger partial charge < -0.3 is 14.7 Å². The van der Waals surface area contributed by atoms with Crippen LogP contribution in [0.3, 0.4) is 0 Å². The lowest BCUT2D eigenvalue weighted by Crippen LogP contribution is -2.48. The van der Waals surface area contributed by atoms with Crippen LogP contribution in [0.4, 0.5) is 4.79 Å². The number of hydrogen-bond donors (Lipinski definition) is 1. The van der Waals surface area contributed by atoms with E-state index in [0.717, 1.165) is 11.1 Å². The van der Waals surface area contributed by atoms with Crippen molar-refractivity contribution in [3.8, 4) is 0 Å². The van der Waals surface area contributed by atoms with Gasteiger partial charge in [0, 0.05) is 22.5 Å². The van der Waals surface area contributed by atoms with Crippen molar-refractivity contribution in [3.63, 3.8) is 0 Å². The van der Waals surface area contributed by atoms with E-state index in [1.165, 1.54) is 23.1 Å². The first-order valence-corrected chi connectivity index (χ1v) is 14.4. The van der Waals surface area contributed by atoms with Gasteiger partial charge in [0.25, 0.3) is 0 Å². The van der Waals surface area contributed by atoms with Crippen molar-refractivity contribution in [1.29, 1.82) is 0 Å². The predicted molar refractivity (Wildman–Crippen MR) is 151 cm³/mol. The number of aliphatic hydroxyl groups excluding tert-OH is 1. The Morgan fingerprint density at radius 1 is 1.08 bits per heavy atom. The second kappa shape index (κ2) is 12.3. The number of nitrogens with zero attached hydrogens (tertiary/aromatic N) is 1. The Labute approximate surface area is 235 Å². The van der Waals surface area contributed by atoms with Crippen molar-refractivity contribution < 1.29 is 27.9 Å². The third-order valence-corrected chi connectivity index (χ3v) is 8.34. The molecule has 0 aromatic heterocycles. The van der Waals surface area contributed by atoms with Crippen LogP contribution < -0.4 is 0 Å². The number of rotatable bonds is 9. The lowest BCUT2D eigenvalue weighted by molar-refractivity contribution is 0.0198. The van der Waals surface area contributed by atoms with Crippen LogP contribution in [0.15, 0.2) is 76.5 Å². The van der Waals surface area contributed by atoms with Gasteiger partial charge in [0.1, 0.15) is 6.10 Å². The highest BCUT2D eigenvalue weighted by Gasteiger charge is 2.31. The second-order valence-corrected chi connectivity index (χ2v) is 12.9. The van der Waals surface area contributed by atoms with E-state index < -0.39 is 33.7 Å². The summed E-state index contributed by atoms with van der Waals surface area (Å²) >= 11 is 6.05. The quantitative estimate of drug-likeness (QED) is 0.307. The Morgan fingerprint density at radius 3 is 2.33 bits per heavy atom. The van der Waals surface area contributed by atoms with Gasteiger partial charge in [-0.1, -0.05) is 47.5 Å². The van der Waals surface area contributed by atoms with Crippen LogP contribution >= 0.6 is 11.6 Å². The van der Waals surface area contributed by atoms with Crippen LogP contribution in [-0.2, 0) is 21.0 Å². The lowest BCUT2D eigenvalue weighted by atomic mass is 10.0. The summed E-state index contributed by atoms with van der Waals surface area (Å²) in [5.74, 6) is 0. The summed E-state index contributed by atoms with van der Waals surface area (Å²) in [4.78, 5) is 26.1. The van der Waals surface area contributed by atoms with Gasteiger partial charge in [-0.15, -0.1) is 0 Å². The van der Waals surface area contributed by atoms with Crippen molar-refractivity contribution in [2.75, 3.05) is 6.54 Å². The molecule has 0 saturated carbocycles. The van der Waals surface area contributed by atoms with E-state index in [1.54, 1.807) is 62.4 Å². The molecular weight excluding hydrogens is 538 g/mol. The number of ether oxygens (including phenoxy) is 1. The Kier molecular flexibility index (Phi) is 9.59. The maximum Gasteiger partial charge on any atom is 0.410 e. The fraction of sp³-hybridized carbons (Fsp3) is 0.333. The molecule has 0 aliphatic carbocycles. The van der Waals surface area contributed by atoms with Crippen molar-refractivity contribution in [3.05, 3.63) is 94.0 Å². The van der Waals surface area contributed by atoms with Gasteiger partial charge >= 0.3 is 6.09 Å². The topological polar surface area (TPSA) is 101 Å². The molecule has 0 heterocycles. The molecule has 0 fully saturated rings. The molecule has 2 atom stereocenters. The molecule has 3 aromatic carbocycles. The first kappa shape index (κ1) is 30.3. The van der Waals surface area contributed by atoms with E-state index in [0.29, 0.717) is 23.3 Å². The number of hydrogen-bond acceptors (Lipinski definition) is 6. The molecule has 1 amide bonds. The highest BCUT2D eigenvalue weighted by molar-refractivity contribution is 7.91. The second-order valence-electron chi connectivity index (χ2n) is 10.6. The van der Waals surface area contributed by atoms with Gasteiger partial charge in [0.15, 0.2) is 6.29 Å². The number of carbonyl (C=O) groups excluding carboxylic acids is 2. The summed E-state index contributed by atoms with van der Waals surface area (Å²) in [6.07, 6.45) is -1.15.